The minimum atomic E-state index is -4.44. The molecule has 3 aromatic rings. The van der Waals surface area contributed by atoms with Crippen molar-refractivity contribution in [1.82, 2.24) is 9.55 Å². The van der Waals surface area contributed by atoms with Gasteiger partial charge in [0.2, 0.25) is 0 Å². The Bertz CT molecular complexity index is 1190. The largest absolute Gasteiger partial charge is 0.416 e. The van der Waals surface area contributed by atoms with Crippen molar-refractivity contribution < 1.29 is 18.1 Å². The molecule has 4 aliphatic carbocycles. The summed E-state index contributed by atoms with van der Waals surface area (Å²) < 4.78 is 42.3. The lowest BCUT2D eigenvalue weighted by molar-refractivity contribution is -0.384. The van der Waals surface area contributed by atoms with E-state index in [-0.39, 0.29) is 11.2 Å². The van der Waals surface area contributed by atoms with Crippen LogP contribution >= 0.6 is 0 Å². The molecule has 1 aromatic heterocycles. The Balaban J connectivity index is 1.57. The summed E-state index contributed by atoms with van der Waals surface area (Å²) in [5.41, 5.74) is 0.842. The van der Waals surface area contributed by atoms with Gasteiger partial charge in [-0.3, -0.25) is 10.1 Å². The van der Waals surface area contributed by atoms with E-state index < -0.39 is 16.7 Å². The molecule has 4 bridgehead atoms. The van der Waals surface area contributed by atoms with Gasteiger partial charge < -0.3 is 4.57 Å². The number of hydrogen-bond acceptors (Lipinski definition) is 3. The fourth-order valence-electron chi connectivity index (χ4n) is 7.00. The summed E-state index contributed by atoms with van der Waals surface area (Å²) in [5, 5.41) is 11.1. The number of nitrogens with zero attached hydrogens (tertiary/aromatic N) is 3. The zero-order valence-electron chi connectivity index (χ0n) is 17.3. The second-order valence-electron chi connectivity index (χ2n) is 9.92. The van der Waals surface area contributed by atoms with Gasteiger partial charge in [-0.25, -0.2) is 4.98 Å². The Morgan fingerprint density at radius 1 is 0.969 bits per heavy atom. The highest BCUT2D eigenvalue weighted by Gasteiger charge is 2.53. The second kappa shape index (κ2) is 6.56. The summed E-state index contributed by atoms with van der Waals surface area (Å²) in [6, 6.07) is 9.99. The van der Waals surface area contributed by atoms with Crippen molar-refractivity contribution in [3.63, 3.8) is 0 Å². The highest BCUT2D eigenvalue weighted by Crippen LogP contribution is 2.60. The molecule has 32 heavy (non-hydrogen) atoms. The van der Waals surface area contributed by atoms with Crippen molar-refractivity contribution in [2.45, 2.75) is 50.2 Å². The predicted octanol–water partition coefficient (Wildman–Crippen LogP) is 6.56. The Morgan fingerprint density at radius 2 is 1.56 bits per heavy atom. The fraction of sp³-hybridized carbons (Fsp3) is 0.458. The van der Waals surface area contributed by atoms with Gasteiger partial charge in [-0.1, -0.05) is 0 Å². The maximum Gasteiger partial charge on any atom is 0.416 e. The van der Waals surface area contributed by atoms with E-state index in [0.29, 0.717) is 40.2 Å². The van der Waals surface area contributed by atoms with E-state index in [2.05, 4.69) is 9.55 Å². The summed E-state index contributed by atoms with van der Waals surface area (Å²) in [4.78, 5) is 15.3. The number of nitro benzene ring substituents is 1. The van der Waals surface area contributed by atoms with Crippen LogP contribution in [0.3, 0.4) is 0 Å². The van der Waals surface area contributed by atoms with E-state index in [1.54, 1.807) is 18.2 Å². The molecule has 7 rings (SSSR count). The first-order valence-electron chi connectivity index (χ1n) is 11.1. The average molecular weight is 441 g/mol. The summed E-state index contributed by atoms with van der Waals surface area (Å²) in [6.45, 7) is 0. The van der Waals surface area contributed by atoms with Crippen molar-refractivity contribution >= 4 is 16.7 Å². The Kier molecular flexibility index (Phi) is 4.05. The first-order valence-corrected chi connectivity index (χ1v) is 11.1. The zero-order valence-corrected chi connectivity index (χ0v) is 17.3. The van der Waals surface area contributed by atoms with Crippen LogP contribution < -0.4 is 0 Å². The summed E-state index contributed by atoms with van der Waals surface area (Å²) >= 11 is 0. The lowest BCUT2D eigenvalue weighted by Gasteiger charge is -2.57. The van der Waals surface area contributed by atoms with Crippen molar-refractivity contribution in [3.8, 4) is 11.4 Å². The Hall–Kier alpha value is -2.90. The van der Waals surface area contributed by atoms with Crippen molar-refractivity contribution in [1.29, 1.82) is 0 Å². The molecule has 8 heteroatoms. The highest BCUT2D eigenvalue weighted by molar-refractivity contribution is 5.82. The van der Waals surface area contributed by atoms with Crippen LogP contribution in [0.4, 0.5) is 18.9 Å². The minimum Gasteiger partial charge on any atom is -0.318 e. The first kappa shape index (κ1) is 19.8. The molecule has 4 aliphatic rings. The van der Waals surface area contributed by atoms with Gasteiger partial charge in [0.25, 0.3) is 5.69 Å². The monoisotopic (exact) mass is 441 g/mol. The standard InChI is InChI=1S/C24H22F3N3O2/c25-24(26,27)18-3-6-21-20(10-18)28-22(17-1-4-19(5-2-17)30(31)32)29(21)23-11-14-7-15(12-23)9-16(8-14)13-23/h1-6,10,14-16H,7-9,11-13H2. The van der Waals surface area contributed by atoms with Crippen LogP contribution in [0, 0.1) is 27.9 Å². The van der Waals surface area contributed by atoms with Gasteiger partial charge in [0.15, 0.2) is 0 Å². The molecule has 0 N–H and O–H groups in total. The maximum atomic E-state index is 13.4. The number of non-ortho nitro benzene ring substituents is 1. The van der Waals surface area contributed by atoms with Crippen molar-refractivity contribution in [2.24, 2.45) is 17.8 Å². The first-order chi connectivity index (χ1) is 15.2. The van der Waals surface area contributed by atoms with E-state index in [9.17, 15) is 23.3 Å². The molecular formula is C24H22F3N3O2. The summed E-state index contributed by atoms with van der Waals surface area (Å²) in [6.07, 6.45) is 2.36. The van der Waals surface area contributed by atoms with Crippen molar-refractivity contribution in [2.75, 3.05) is 0 Å². The molecule has 1 heterocycles. The number of alkyl halides is 3. The number of halogens is 3. The number of imidazole rings is 1. The van der Waals surface area contributed by atoms with Gasteiger partial charge in [-0.05, 0) is 86.6 Å². The molecule has 166 valence electrons. The third-order valence-electron chi connectivity index (χ3n) is 7.80. The number of rotatable bonds is 3. The van der Waals surface area contributed by atoms with Crippen LogP contribution in [0.1, 0.15) is 44.1 Å². The highest BCUT2D eigenvalue weighted by atomic mass is 19.4. The van der Waals surface area contributed by atoms with Crippen molar-refractivity contribution in [3.05, 3.63) is 58.1 Å². The summed E-state index contributed by atoms with van der Waals surface area (Å²) in [7, 11) is 0. The third-order valence-corrected chi connectivity index (χ3v) is 7.80. The molecule has 0 spiro atoms. The molecule has 0 aliphatic heterocycles. The van der Waals surface area contributed by atoms with Crippen LogP contribution in [-0.4, -0.2) is 14.5 Å². The Morgan fingerprint density at radius 3 is 2.09 bits per heavy atom. The quantitative estimate of drug-likeness (QED) is 0.342. The summed E-state index contributed by atoms with van der Waals surface area (Å²) in [5.74, 6) is 2.56. The number of hydrogen-bond donors (Lipinski definition) is 0. The molecule has 0 radical (unpaired) electrons. The molecule has 0 saturated heterocycles. The van der Waals surface area contributed by atoms with Gasteiger partial charge in [0.05, 0.1) is 21.5 Å². The van der Waals surface area contributed by atoms with Crippen LogP contribution in [-0.2, 0) is 11.7 Å². The van der Waals surface area contributed by atoms with Gasteiger partial charge >= 0.3 is 6.18 Å². The van der Waals surface area contributed by atoms with E-state index in [1.807, 2.05) is 0 Å². The Labute approximate surface area is 182 Å². The van der Waals surface area contributed by atoms with Gasteiger partial charge in [0.1, 0.15) is 5.82 Å². The molecule has 2 aromatic carbocycles. The zero-order chi connectivity index (χ0) is 22.3. The molecule has 5 nitrogen and oxygen atoms in total. The van der Waals surface area contributed by atoms with E-state index >= 15 is 0 Å². The lowest BCUT2D eigenvalue weighted by Crippen LogP contribution is -2.52. The van der Waals surface area contributed by atoms with Crippen LogP contribution in [0.5, 0.6) is 0 Å². The number of nitro groups is 1. The van der Waals surface area contributed by atoms with E-state index in [0.717, 1.165) is 31.4 Å². The normalized spacial score (nSPS) is 29.0. The van der Waals surface area contributed by atoms with Crippen LogP contribution in [0.25, 0.3) is 22.4 Å². The molecular weight excluding hydrogens is 419 g/mol. The van der Waals surface area contributed by atoms with Gasteiger partial charge in [-0.15, -0.1) is 0 Å². The van der Waals surface area contributed by atoms with Gasteiger partial charge in [-0.2, -0.15) is 13.2 Å². The van der Waals surface area contributed by atoms with E-state index in [4.69, 9.17) is 0 Å². The molecule has 0 unspecified atom stereocenters. The fourth-order valence-corrected chi connectivity index (χ4v) is 7.00. The molecule has 4 fully saturated rings. The minimum absolute atomic E-state index is 0.0226. The second-order valence-corrected chi connectivity index (χ2v) is 9.92. The molecule has 0 atom stereocenters. The topological polar surface area (TPSA) is 61.0 Å². The smallest absolute Gasteiger partial charge is 0.318 e. The number of aromatic nitrogens is 2. The SMILES string of the molecule is O=[N+]([O-])c1ccc(-c2nc3cc(C(F)(F)F)ccc3n2C23CC4CC(CC(C4)C2)C3)cc1. The van der Waals surface area contributed by atoms with Gasteiger partial charge in [0, 0.05) is 23.2 Å². The third kappa shape index (κ3) is 2.95. The number of fused-ring (bicyclic) bond motifs is 1. The lowest BCUT2D eigenvalue weighted by atomic mass is 9.53. The van der Waals surface area contributed by atoms with Crippen LogP contribution in [0.15, 0.2) is 42.5 Å². The number of benzene rings is 2. The molecule has 4 saturated carbocycles. The molecule has 0 amide bonds. The predicted molar refractivity (Wildman–Crippen MR) is 113 cm³/mol. The van der Waals surface area contributed by atoms with Crippen LogP contribution in [0.2, 0.25) is 0 Å². The maximum absolute atomic E-state index is 13.4. The average Bonchev–Trinajstić information content (AvgIpc) is 3.12. The van der Waals surface area contributed by atoms with E-state index in [1.165, 1.54) is 31.4 Å².